The Bertz CT molecular complexity index is 233. The molecule has 1 rings (SSSR count). The van der Waals surface area contributed by atoms with E-state index in [1.165, 1.54) is 12.8 Å². The van der Waals surface area contributed by atoms with E-state index in [2.05, 4.69) is 30.7 Å². The molecular formula is C13H27ClN2OS. The van der Waals surface area contributed by atoms with Crippen LogP contribution in [-0.4, -0.2) is 36.0 Å². The third-order valence-corrected chi connectivity index (χ3v) is 5.52. The quantitative estimate of drug-likeness (QED) is 0.791. The molecular weight excluding hydrogens is 268 g/mol. The van der Waals surface area contributed by atoms with Crippen LogP contribution in [0.5, 0.6) is 0 Å². The zero-order valence-electron chi connectivity index (χ0n) is 11.8. The Morgan fingerprint density at radius 3 is 2.50 bits per heavy atom. The van der Waals surface area contributed by atoms with Crippen LogP contribution in [0.2, 0.25) is 0 Å². The highest BCUT2D eigenvalue weighted by Crippen LogP contribution is 2.29. The molecule has 1 heterocycles. The highest BCUT2D eigenvalue weighted by atomic mass is 35.5. The van der Waals surface area contributed by atoms with E-state index in [-0.39, 0.29) is 29.1 Å². The van der Waals surface area contributed by atoms with Gasteiger partial charge in [-0.1, -0.05) is 20.3 Å². The summed E-state index contributed by atoms with van der Waals surface area (Å²) in [7, 11) is 0. The first kappa shape index (κ1) is 18.1. The summed E-state index contributed by atoms with van der Waals surface area (Å²) >= 11 is 1.87. The Labute approximate surface area is 122 Å². The highest BCUT2D eigenvalue weighted by Gasteiger charge is 2.27. The number of halogens is 1. The predicted molar refractivity (Wildman–Crippen MR) is 82.7 cm³/mol. The lowest BCUT2D eigenvalue weighted by atomic mass is 10.0. The Morgan fingerprint density at radius 1 is 1.39 bits per heavy atom. The van der Waals surface area contributed by atoms with Crippen molar-refractivity contribution < 1.29 is 4.79 Å². The van der Waals surface area contributed by atoms with Gasteiger partial charge in [-0.05, 0) is 38.5 Å². The van der Waals surface area contributed by atoms with E-state index in [4.69, 9.17) is 0 Å². The van der Waals surface area contributed by atoms with Crippen molar-refractivity contribution in [2.75, 3.05) is 19.3 Å². The van der Waals surface area contributed by atoms with Gasteiger partial charge in [-0.15, -0.1) is 12.4 Å². The van der Waals surface area contributed by atoms with E-state index in [1.807, 2.05) is 11.8 Å². The number of piperidine rings is 1. The molecule has 0 aromatic carbocycles. The standard InChI is InChI=1S/C13H26N2OS.ClH/c1-4-13(5-2,17-3)10-15-12(16)11-8-6-7-9-14-11;/h11,14H,4-10H2,1-3H3,(H,15,16);1H/t11-;/m0./s1. The van der Waals surface area contributed by atoms with Gasteiger partial charge in [0.05, 0.1) is 6.04 Å². The Kier molecular flexibility index (Phi) is 9.09. The molecule has 18 heavy (non-hydrogen) atoms. The fourth-order valence-electron chi connectivity index (χ4n) is 2.31. The van der Waals surface area contributed by atoms with Crippen LogP contribution in [0.3, 0.4) is 0 Å². The van der Waals surface area contributed by atoms with Crippen LogP contribution >= 0.6 is 24.2 Å². The maximum atomic E-state index is 12.0. The minimum atomic E-state index is 0. The number of nitrogens with one attached hydrogen (secondary N) is 2. The molecule has 5 heteroatoms. The minimum Gasteiger partial charge on any atom is -0.353 e. The molecule has 0 spiro atoms. The molecule has 0 aromatic rings. The van der Waals surface area contributed by atoms with Crippen molar-refractivity contribution in [1.82, 2.24) is 10.6 Å². The van der Waals surface area contributed by atoms with E-state index < -0.39 is 0 Å². The van der Waals surface area contributed by atoms with Crippen molar-refractivity contribution in [2.24, 2.45) is 0 Å². The van der Waals surface area contributed by atoms with Crippen molar-refractivity contribution in [2.45, 2.75) is 56.7 Å². The van der Waals surface area contributed by atoms with Gasteiger partial charge in [-0.2, -0.15) is 11.8 Å². The van der Waals surface area contributed by atoms with E-state index in [0.29, 0.717) is 0 Å². The molecule has 1 atom stereocenters. The predicted octanol–water partition coefficient (Wildman–Crippen LogP) is 2.59. The first-order chi connectivity index (χ1) is 8.17. The first-order valence-corrected chi connectivity index (χ1v) is 7.96. The lowest BCUT2D eigenvalue weighted by molar-refractivity contribution is -0.123. The summed E-state index contributed by atoms with van der Waals surface area (Å²) in [5, 5.41) is 6.41. The number of rotatable bonds is 6. The summed E-state index contributed by atoms with van der Waals surface area (Å²) in [4.78, 5) is 12.0. The maximum Gasteiger partial charge on any atom is 0.237 e. The summed E-state index contributed by atoms with van der Waals surface area (Å²) in [6.45, 7) is 6.17. The van der Waals surface area contributed by atoms with Gasteiger partial charge in [-0.3, -0.25) is 4.79 Å². The molecule has 0 aromatic heterocycles. The summed E-state index contributed by atoms with van der Waals surface area (Å²) in [5.41, 5.74) is 0. The third kappa shape index (κ3) is 4.98. The van der Waals surface area contributed by atoms with Crippen LogP contribution in [0, 0.1) is 0 Å². The smallest absolute Gasteiger partial charge is 0.237 e. The average molecular weight is 295 g/mol. The van der Waals surface area contributed by atoms with E-state index in [9.17, 15) is 4.79 Å². The monoisotopic (exact) mass is 294 g/mol. The first-order valence-electron chi connectivity index (χ1n) is 6.73. The molecule has 0 bridgehead atoms. The Hall–Kier alpha value is 0.0700. The van der Waals surface area contributed by atoms with Gasteiger partial charge in [0.25, 0.3) is 0 Å². The fourth-order valence-corrected chi connectivity index (χ4v) is 3.10. The zero-order valence-corrected chi connectivity index (χ0v) is 13.4. The largest absolute Gasteiger partial charge is 0.353 e. The maximum absolute atomic E-state index is 12.0. The number of thioether (sulfide) groups is 1. The van der Waals surface area contributed by atoms with Crippen LogP contribution in [0.1, 0.15) is 46.0 Å². The SMILES string of the molecule is CCC(CC)(CNC(=O)[C@@H]1CCCCN1)SC.Cl. The van der Waals surface area contributed by atoms with Gasteiger partial charge in [0.15, 0.2) is 0 Å². The third-order valence-electron chi connectivity index (χ3n) is 3.93. The van der Waals surface area contributed by atoms with Crippen LogP contribution in [-0.2, 0) is 4.79 Å². The van der Waals surface area contributed by atoms with E-state index in [1.54, 1.807) is 0 Å². The fraction of sp³-hybridized carbons (Fsp3) is 0.923. The van der Waals surface area contributed by atoms with Gasteiger partial charge < -0.3 is 10.6 Å². The number of carbonyl (C=O) groups is 1. The van der Waals surface area contributed by atoms with Crippen LogP contribution in [0.4, 0.5) is 0 Å². The number of hydrogen-bond acceptors (Lipinski definition) is 3. The molecule has 0 aliphatic carbocycles. The summed E-state index contributed by atoms with van der Waals surface area (Å²) in [5.74, 6) is 0.185. The topological polar surface area (TPSA) is 41.1 Å². The van der Waals surface area contributed by atoms with Gasteiger partial charge >= 0.3 is 0 Å². The molecule has 3 nitrogen and oxygen atoms in total. The van der Waals surface area contributed by atoms with Crippen LogP contribution in [0.15, 0.2) is 0 Å². The molecule has 1 fully saturated rings. The van der Waals surface area contributed by atoms with Gasteiger partial charge in [-0.25, -0.2) is 0 Å². The van der Waals surface area contributed by atoms with Gasteiger partial charge in [0.1, 0.15) is 0 Å². The Morgan fingerprint density at radius 2 is 2.06 bits per heavy atom. The molecule has 1 aliphatic heterocycles. The second-order valence-electron chi connectivity index (χ2n) is 4.81. The lowest BCUT2D eigenvalue weighted by Crippen LogP contribution is -2.50. The summed E-state index contributed by atoms with van der Waals surface area (Å²) in [6.07, 6.45) is 7.68. The van der Waals surface area contributed by atoms with Crippen molar-refractivity contribution in [3.05, 3.63) is 0 Å². The van der Waals surface area contributed by atoms with Crippen molar-refractivity contribution in [3.63, 3.8) is 0 Å². The minimum absolute atomic E-state index is 0. The van der Waals surface area contributed by atoms with E-state index >= 15 is 0 Å². The number of amides is 1. The second kappa shape index (κ2) is 9.05. The van der Waals surface area contributed by atoms with Crippen LogP contribution in [0.25, 0.3) is 0 Å². The van der Waals surface area contributed by atoms with Crippen molar-refractivity contribution in [1.29, 1.82) is 0 Å². The molecule has 1 saturated heterocycles. The molecule has 1 aliphatic rings. The van der Waals surface area contributed by atoms with Crippen molar-refractivity contribution >= 4 is 30.1 Å². The highest BCUT2D eigenvalue weighted by molar-refractivity contribution is 8.00. The number of carbonyl (C=O) groups excluding carboxylic acids is 1. The molecule has 1 amide bonds. The normalized spacial score (nSPS) is 20.1. The van der Waals surface area contributed by atoms with Gasteiger partial charge in [0, 0.05) is 11.3 Å². The van der Waals surface area contributed by atoms with E-state index in [0.717, 1.165) is 32.4 Å². The molecule has 0 unspecified atom stereocenters. The molecule has 2 N–H and O–H groups in total. The molecule has 0 saturated carbocycles. The van der Waals surface area contributed by atoms with Crippen LogP contribution < -0.4 is 10.6 Å². The zero-order chi connectivity index (χ0) is 12.7. The lowest BCUT2D eigenvalue weighted by Gasteiger charge is -2.31. The van der Waals surface area contributed by atoms with Crippen molar-refractivity contribution in [3.8, 4) is 0 Å². The average Bonchev–Trinajstić information content (AvgIpc) is 2.41. The molecule has 108 valence electrons. The summed E-state index contributed by atoms with van der Waals surface area (Å²) in [6, 6.07) is 0.0389. The molecule has 0 radical (unpaired) electrons. The summed E-state index contributed by atoms with van der Waals surface area (Å²) < 4.78 is 0.213. The second-order valence-corrected chi connectivity index (χ2v) is 6.09. The Balaban J connectivity index is 0.00000289. The number of hydrogen-bond donors (Lipinski definition) is 2. The van der Waals surface area contributed by atoms with Gasteiger partial charge in [0.2, 0.25) is 5.91 Å².